The summed E-state index contributed by atoms with van der Waals surface area (Å²) < 4.78 is 0. The Labute approximate surface area is 214 Å². The Hall–Kier alpha value is 0. The molecule has 10 atom stereocenters. The quantitative estimate of drug-likeness (QED) is 0.352. The third-order valence-electron chi connectivity index (χ3n) is 14.8. The van der Waals surface area contributed by atoms with Gasteiger partial charge in [0.05, 0.1) is 0 Å². The van der Waals surface area contributed by atoms with E-state index in [1.807, 2.05) is 0 Å². The molecule has 0 spiro atoms. The molecule has 0 radical (unpaired) electrons. The van der Waals surface area contributed by atoms with Crippen LogP contribution in [0.4, 0.5) is 0 Å². The van der Waals surface area contributed by atoms with Gasteiger partial charge in [-0.25, -0.2) is 0 Å². The van der Waals surface area contributed by atoms with Crippen LogP contribution < -0.4 is 0 Å². The maximum absolute atomic E-state index is 2.83. The zero-order valence-electron chi connectivity index (χ0n) is 24.6. The fourth-order valence-corrected chi connectivity index (χ4v) is 12.9. The largest absolute Gasteiger partial charge is 0.0654 e. The predicted molar refractivity (Wildman–Crippen MR) is 148 cm³/mol. The summed E-state index contributed by atoms with van der Waals surface area (Å²) in [5, 5.41) is 0. The van der Waals surface area contributed by atoms with Crippen LogP contribution in [0.1, 0.15) is 152 Å². The van der Waals surface area contributed by atoms with Crippen LogP contribution in [0.5, 0.6) is 0 Å². The van der Waals surface area contributed by atoms with Gasteiger partial charge in [0, 0.05) is 0 Å². The Kier molecular flexibility index (Phi) is 6.42. The summed E-state index contributed by atoms with van der Waals surface area (Å²) in [5.74, 6) is 5.88. The molecule has 0 saturated heterocycles. The second-order valence-electron chi connectivity index (χ2n) is 16.3. The van der Waals surface area contributed by atoms with Gasteiger partial charge in [0.15, 0.2) is 0 Å². The van der Waals surface area contributed by atoms with E-state index >= 15 is 0 Å². The van der Waals surface area contributed by atoms with E-state index < -0.39 is 0 Å². The number of rotatable bonds is 5. The summed E-state index contributed by atoms with van der Waals surface area (Å²) in [7, 11) is 0. The lowest BCUT2D eigenvalue weighted by molar-refractivity contribution is -0.241. The van der Waals surface area contributed by atoms with Crippen molar-refractivity contribution in [1.29, 1.82) is 0 Å². The molecule has 34 heavy (non-hydrogen) atoms. The first-order valence-electron chi connectivity index (χ1n) is 15.9. The molecule has 5 aliphatic carbocycles. The maximum atomic E-state index is 2.83. The minimum absolute atomic E-state index is 0.558. The van der Waals surface area contributed by atoms with Gasteiger partial charge in [-0.2, -0.15) is 0 Å². The lowest BCUT2D eigenvalue weighted by Crippen LogP contribution is -2.65. The summed E-state index contributed by atoms with van der Waals surface area (Å²) in [6.07, 6.45) is 22.5. The van der Waals surface area contributed by atoms with E-state index in [1.165, 1.54) is 77.0 Å². The van der Waals surface area contributed by atoms with Crippen molar-refractivity contribution < 1.29 is 0 Å². The molecule has 5 fully saturated rings. The van der Waals surface area contributed by atoms with E-state index in [9.17, 15) is 0 Å². The number of fused-ring (bicyclic) bond motifs is 7. The fourth-order valence-electron chi connectivity index (χ4n) is 12.9. The highest BCUT2D eigenvalue weighted by molar-refractivity contribution is 5.19. The van der Waals surface area contributed by atoms with Gasteiger partial charge in [-0.3, -0.25) is 0 Å². The van der Waals surface area contributed by atoms with Crippen LogP contribution in [0.2, 0.25) is 0 Å². The highest BCUT2D eigenvalue weighted by atomic mass is 14.7. The Bertz CT molecular complexity index is 749. The van der Waals surface area contributed by atoms with Gasteiger partial charge in [0.1, 0.15) is 0 Å². The van der Waals surface area contributed by atoms with Gasteiger partial charge in [-0.15, -0.1) is 0 Å². The third kappa shape index (κ3) is 3.41. The molecule has 0 bridgehead atoms. The minimum Gasteiger partial charge on any atom is -0.0654 e. The Balaban J connectivity index is 1.41. The highest BCUT2D eigenvalue weighted by Gasteiger charge is 2.70. The summed E-state index contributed by atoms with van der Waals surface area (Å²) in [6.45, 7) is 21.5. The molecule has 5 rings (SSSR count). The molecule has 0 N–H and O–H groups in total. The van der Waals surface area contributed by atoms with E-state index in [1.54, 1.807) is 19.3 Å². The third-order valence-corrected chi connectivity index (χ3v) is 14.8. The zero-order chi connectivity index (χ0) is 24.6. The Morgan fingerprint density at radius 2 is 1.29 bits per heavy atom. The van der Waals surface area contributed by atoms with Crippen molar-refractivity contribution in [2.75, 3.05) is 0 Å². The molecular formula is C34H60. The van der Waals surface area contributed by atoms with Crippen molar-refractivity contribution in [3.63, 3.8) is 0 Å². The van der Waals surface area contributed by atoms with E-state index in [2.05, 4.69) is 55.4 Å². The van der Waals surface area contributed by atoms with E-state index in [0.717, 1.165) is 35.5 Å². The summed E-state index contributed by atoms with van der Waals surface area (Å²) >= 11 is 0. The summed E-state index contributed by atoms with van der Waals surface area (Å²) in [5.41, 5.74) is 2.90. The van der Waals surface area contributed by atoms with Crippen LogP contribution in [0.15, 0.2) is 0 Å². The van der Waals surface area contributed by atoms with Gasteiger partial charge in [-0.1, -0.05) is 87.5 Å². The molecule has 0 aromatic rings. The SMILES string of the molecule is CCCCCC(C)[C@H]1CC[C@@]2(C)[C@@H]1CC[C@]1(C)[C@@H]2CC[C@@H]2[C@@]3(C)CCCC(C)(C)[C@@H]3CC[C@]21C. The van der Waals surface area contributed by atoms with Crippen molar-refractivity contribution in [2.45, 2.75) is 152 Å². The van der Waals surface area contributed by atoms with Crippen molar-refractivity contribution in [2.24, 2.45) is 62.6 Å². The average molecular weight is 469 g/mol. The van der Waals surface area contributed by atoms with E-state index in [0.29, 0.717) is 27.1 Å². The van der Waals surface area contributed by atoms with Gasteiger partial charge >= 0.3 is 0 Å². The van der Waals surface area contributed by atoms with Crippen molar-refractivity contribution in [3.8, 4) is 0 Å². The van der Waals surface area contributed by atoms with E-state index in [4.69, 9.17) is 0 Å². The molecule has 0 nitrogen and oxygen atoms in total. The molecule has 0 aliphatic heterocycles. The number of hydrogen-bond donors (Lipinski definition) is 0. The second-order valence-corrected chi connectivity index (χ2v) is 16.3. The monoisotopic (exact) mass is 468 g/mol. The summed E-state index contributed by atoms with van der Waals surface area (Å²) in [4.78, 5) is 0. The molecular weight excluding hydrogens is 408 g/mol. The number of hydrogen-bond acceptors (Lipinski definition) is 0. The van der Waals surface area contributed by atoms with Crippen molar-refractivity contribution in [3.05, 3.63) is 0 Å². The first-order chi connectivity index (χ1) is 15.9. The Morgan fingerprint density at radius 3 is 1.97 bits per heavy atom. The van der Waals surface area contributed by atoms with Crippen LogP contribution in [0, 0.1) is 62.6 Å². The van der Waals surface area contributed by atoms with Crippen molar-refractivity contribution in [1.82, 2.24) is 0 Å². The Morgan fingerprint density at radius 1 is 0.647 bits per heavy atom. The summed E-state index contributed by atoms with van der Waals surface area (Å²) in [6, 6.07) is 0. The maximum Gasteiger partial charge on any atom is -0.0235 e. The molecule has 0 heterocycles. The topological polar surface area (TPSA) is 0 Å². The molecule has 1 unspecified atom stereocenters. The van der Waals surface area contributed by atoms with Gasteiger partial charge in [-0.05, 0) is 127 Å². The normalized spacial score (nSPS) is 52.8. The zero-order valence-corrected chi connectivity index (χ0v) is 24.6. The minimum atomic E-state index is 0.558. The molecule has 0 heteroatoms. The molecule has 0 amide bonds. The van der Waals surface area contributed by atoms with Crippen LogP contribution in [0.3, 0.4) is 0 Å². The molecule has 5 aliphatic rings. The first kappa shape index (κ1) is 25.6. The lowest BCUT2D eigenvalue weighted by atomic mass is 9.32. The molecule has 196 valence electrons. The van der Waals surface area contributed by atoms with Crippen LogP contribution in [0.25, 0.3) is 0 Å². The predicted octanol–water partition coefficient (Wildman–Crippen LogP) is 10.7. The lowest BCUT2D eigenvalue weighted by Gasteiger charge is -2.73. The highest BCUT2D eigenvalue weighted by Crippen LogP contribution is 2.78. The average Bonchev–Trinajstić information content (AvgIpc) is 3.11. The second kappa shape index (κ2) is 8.51. The van der Waals surface area contributed by atoms with Crippen LogP contribution >= 0.6 is 0 Å². The van der Waals surface area contributed by atoms with Gasteiger partial charge < -0.3 is 0 Å². The molecule has 0 aromatic heterocycles. The fraction of sp³-hybridized carbons (Fsp3) is 1.00. The smallest absolute Gasteiger partial charge is 0.0235 e. The van der Waals surface area contributed by atoms with Crippen molar-refractivity contribution >= 4 is 0 Å². The van der Waals surface area contributed by atoms with Crippen LogP contribution in [-0.2, 0) is 0 Å². The van der Waals surface area contributed by atoms with Gasteiger partial charge in [0.25, 0.3) is 0 Å². The number of unbranched alkanes of at least 4 members (excludes halogenated alkanes) is 2. The van der Waals surface area contributed by atoms with Crippen LogP contribution in [-0.4, -0.2) is 0 Å². The standard InChI is InChI=1S/C34H60/c1-9-10-11-13-24(2)25-16-21-31(5)26(25)17-22-33(7)28(31)14-15-29-32(6)20-12-19-30(3,4)27(32)18-23-34(29,33)8/h24-29H,9-23H2,1-8H3/t24?,25-,26-,27+,28-,29-,31+,32+,33-,34-/m1/s1. The van der Waals surface area contributed by atoms with Gasteiger partial charge in [0.2, 0.25) is 0 Å². The first-order valence-corrected chi connectivity index (χ1v) is 15.9. The van der Waals surface area contributed by atoms with E-state index in [-0.39, 0.29) is 0 Å². The molecule has 0 aromatic carbocycles. The molecule has 5 saturated carbocycles.